The van der Waals surface area contributed by atoms with Gasteiger partial charge < -0.3 is 92.6 Å². The van der Waals surface area contributed by atoms with Crippen molar-refractivity contribution in [2.75, 3.05) is 7.11 Å². The van der Waals surface area contributed by atoms with Crippen molar-refractivity contribution in [2.24, 2.45) is 5.92 Å². The predicted octanol–water partition coefficient (Wildman–Crippen LogP) is 4.61. The third-order valence-corrected chi connectivity index (χ3v) is 13.4. The number of carbonyl (C=O) groups is 8. The van der Waals surface area contributed by atoms with Crippen LogP contribution in [0.4, 0.5) is 4.79 Å². The zero-order chi connectivity index (χ0) is 63.9. The Balaban J connectivity index is 1.20. The fourth-order valence-electron chi connectivity index (χ4n) is 9.04. The number of benzene rings is 7. The van der Waals surface area contributed by atoms with Crippen LogP contribution in [0.5, 0.6) is 51.7 Å². The minimum Gasteiger partial charge on any atom is -0.508 e. The maximum Gasteiger partial charge on any atom is 0.408 e. The van der Waals surface area contributed by atoms with Crippen LogP contribution in [0, 0.1) is 5.92 Å². The highest BCUT2D eigenvalue weighted by molar-refractivity contribution is 5.99. The van der Waals surface area contributed by atoms with E-state index >= 15 is 0 Å². The van der Waals surface area contributed by atoms with E-state index in [1.54, 1.807) is 30.3 Å². The summed E-state index contributed by atoms with van der Waals surface area (Å²) in [5.74, 6) is -13.2. The molecule has 0 aliphatic heterocycles. The average molecular weight is 1210 g/mol. The Morgan fingerprint density at radius 2 is 0.636 bits per heavy atom. The zero-order valence-corrected chi connectivity index (χ0v) is 46.9. The van der Waals surface area contributed by atoms with E-state index in [1.807, 2.05) is 0 Å². The second-order valence-corrected chi connectivity index (χ2v) is 20.2. The fourth-order valence-corrected chi connectivity index (χ4v) is 9.04. The molecule has 7 rings (SSSR count). The summed E-state index contributed by atoms with van der Waals surface area (Å²) >= 11 is 0. The summed E-state index contributed by atoms with van der Waals surface area (Å²) in [5, 5.41) is 111. The standard InChI is InChI=1S/C62H61N7O19/c1-31(2)48(63-58(82)51(36-21-42(73)27-43(74)22-36)67-57(81)50(34-11-17-40(71)18-12-34)69-62(86)88-30-32-7-5-4-6-8-32)55(79)65-52(37-23-44(75)28-45(76)24-37)59(83)64-49(33-9-15-39(70)16-10-33)56(80)66-53(38-25-46(77)29-47(78)26-38)60(84)68-54(61(85)87-3)35-13-19-41(72)20-14-35/h4-29,31,48-54,70-78H,30H2,1-3H3,(H,63,82)(H,64,83)(H,65,79)(H,66,80)(H,67,81)(H,68,84)(H,69,86)/t48-,49-,50+,51+,52+,53+,54-/m0/s1. The molecule has 7 aromatic carbocycles. The van der Waals surface area contributed by atoms with E-state index in [-0.39, 0.29) is 57.2 Å². The van der Waals surface area contributed by atoms with E-state index in [4.69, 9.17) is 9.47 Å². The first-order valence-electron chi connectivity index (χ1n) is 26.7. The average Bonchev–Trinajstić information content (AvgIpc) is 2.03. The number of amides is 7. The molecule has 0 aliphatic rings. The smallest absolute Gasteiger partial charge is 0.408 e. The molecule has 0 radical (unpaired) electrons. The molecular weight excluding hydrogens is 1150 g/mol. The minimum absolute atomic E-state index is 0.0783. The maximum absolute atomic E-state index is 15.0. The van der Waals surface area contributed by atoms with Crippen LogP contribution in [0.15, 0.2) is 158 Å². The van der Waals surface area contributed by atoms with Gasteiger partial charge in [-0.3, -0.25) is 28.8 Å². The third-order valence-electron chi connectivity index (χ3n) is 13.4. The summed E-state index contributed by atoms with van der Waals surface area (Å²) < 4.78 is 10.3. The highest BCUT2D eigenvalue weighted by Crippen LogP contribution is 2.32. The molecule has 0 unspecified atom stereocenters. The predicted molar refractivity (Wildman–Crippen MR) is 309 cm³/mol. The van der Waals surface area contributed by atoms with Crippen molar-refractivity contribution in [3.8, 4) is 51.7 Å². The molecule has 458 valence electrons. The van der Waals surface area contributed by atoms with Gasteiger partial charge >= 0.3 is 12.1 Å². The molecule has 0 bridgehead atoms. The van der Waals surface area contributed by atoms with Crippen LogP contribution < -0.4 is 37.2 Å². The molecule has 26 nitrogen and oxygen atoms in total. The van der Waals surface area contributed by atoms with Gasteiger partial charge in [-0.25, -0.2) is 9.59 Å². The molecule has 0 spiro atoms. The normalized spacial score (nSPS) is 13.3. The number of ether oxygens (including phenoxy) is 2. The van der Waals surface area contributed by atoms with Crippen molar-refractivity contribution in [2.45, 2.75) is 62.7 Å². The minimum atomic E-state index is -2.03. The highest BCUT2D eigenvalue weighted by Gasteiger charge is 2.38. The molecule has 0 saturated carbocycles. The molecule has 0 aromatic heterocycles. The van der Waals surface area contributed by atoms with Crippen molar-refractivity contribution < 1.29 is 93.8 Å². The van der Waals surface area contributed by atoms with Gasteiger partial charge in [0.2, 0.25) is 35.4 Å². The van der Waals surface area contributed by atoms with Gasteiger partial charge in [0.15, 0.2) is 6.04 Å². The number of esters is 1. The van der Waals surface area contributed by atoms with Crippen LogP contribution in [-0.4, -0.2) is 107 Å². The lowest BCUT2D eigenvalue weighted by Gasteiger charge is -2.29. The molecule has 7 amide bonds. The zero-order valence-electron chi connectivity index (χ0n) is 46.9. The quantitative estimate of drug-likeness (QED) is 0.0389. The molecule has 26 heteroatoms. The van der Waals surface area contributed by atoms with Gasteiger partial charge in [0.25, 0.3) is 0 Å². The van der Waals surface area contributed by atoms with Gasteiger partial charge in [-0.05, 0) is 118 Å². The second kappa shape index (κ2) is 28.7. The lowest BCUT2D eigenvalue weighted by Crippen LogP contribution is -2.55. The fraction of sp³-hybridized carbons (Fsp3) is 0.194. The third kappa shape index (κ3) is 17.0. The van der Waals surface area contributed by atoms with Crippen LogP contribution in [0.3, 0.4) is 0 Å². The largest absolute Gasteiger partial charge is 0.508 e. The first kappa shape index (κ1) is 63.9. The van der Waals surface area contributed by atoms with Crippen molar-refractivity contribution >= 4 is 47.5 Å². The van der Waals surface area contributed by atoms with Crippen LogP contribution in [0.2, 0.25) is 0 Å². The van der Waals surface area contributed by atoms with Crippen molar-refractivity contribution in [1.82, 2.24) is 37.2 Å². The van der Waals surface area contributed by atoms with E-state index in [2.05, 4.69) is 37.2 Å². The van der Waals surface area contributed by atoms with Gasteiger partial charge in [0, 0.05) is 18.2 Å². The number of hydrogen-bond acceptors (Lipinski definition) is 19. The Morgan fingerprint density at radius 3 is 0.977 bits per heavy atom. The van der Waals surface area contributed by atoms with Crippen LogP contribution >= 0.6 is 0 Å². The van der Waals surface area contributed by atoms with E-state index in [0.29, 0.717) is 5.56 Å². The number of carbonyl (C=O) groups excluding carboxylic acids is 8. The number of rotatable bonds is 23. The molecule has 88 heavy (non-hydrogen) atoms. The summed E-state index contributed by atoms with van der Waals surface area (Å²) in [6, 6.07) is 19.3. The van der Waals surface area contributed by atoms with E-state index < -0.39 is 130 Å². The Kier molecular flexibility index (Phi) is 20.8. The number of nitrogens with one attached hydrogen (secondary N) is 7. The number of phenolic OH excluding ortho intramolecular Hbond substituents is 9. The Hall–Kier alpha value is -11.7. The van der Waals surface area contributed by atoms with Crippen LogP contribution in [0.1, 0.15) is 89.0 Å². The topological polar surface area (TPSA) is 421 Å². The Morgan fingerprint density at radius 1 is 0.341 bits per heavy atom. The molecule has 0 heterocycles. The number of methoxy groups -OCH3 is 1. The lowest BCUT2D eigenvalue weighted by atomic mass is 9.98. The molecule has 7 atom stereocenters. The van der Waals surface area contributed by atoms with Gasteiger partial charge in [0.1, 0.15) is 94.6 Å². The first-order chi connectivity index (χ1) is 41.8. The molecule has 0 saturated heterocycles. The summed E-state index contributed by atoms with van der Waals surface area (Å²) in [7, 11) is 1.03. The molecule has 0 aliphatic carbocycles. The van der Waals surface area contributed by atoms with Crippen LogP contribution in [-0.2, 0) is 49.6 Å². The molecule has 16 N–H and O–H groups in total. The van der Waals surface area contributed by atoms with Gasteiger partial charge in [-0.15, -0.1) is 0 Å². The van der Waals surface area contributed by atoms with E-state index in [1.165, 1.54) is 74.5 Å². The van der Waals surface area contributed by atoms with Crippen molar-refractivity contribution in [1.29, 1.82) is 0 Å². The SMILES string of the molecule is COC(=O)[C@@H](NC(=O)[C@H](NC(=O)[C@@H](NC(=O)[C@H](NC(=O)[C@@H](NC(=O)[C@H](NC(=O)[C@H](NC(=O)OCc1ccccc1)c1ccc(O)cc1)c1cc(O)cc(O)c1)C(C)C)c1cc(O)cc(O)c1)c1ccc(O)cc1)c1cc(O)cc(O)c1)c1ccc(O)cc1. The number of aromatic hydroxyl groups is 9. The maximum atomic E-state index is 15.0. The van der Waals surface area contributed by atoms with Gasteiger partial charge in [-0.2, -0.15) is 0 Å². The van der Waals surface area contributed by atoms with Gasteiger partial charge in [-0.1, -0.05) is 80.6 Å². The van der Waals surface area contributed by atoms with Crippen LogP contribution in [0.25, 0.3) is 0 Å². The molecule has 7 aromatic rings. The van der Waals surface area contributed by atoms with Crippen molar-refractivity contribution in [3.05, 3.63) is 197 Å². The number of hydrogen-bond donors (Lipinski definition) is 16. The Bertz CT molecular complexity index is 3620. The van der Waals surface area contributed by atoms with E-state index in [9.17, 15) is 84.3 Å². The number of phenols is 9. The molecule has 0 fully saturated rings. The second-order valence-electron chi connectivity index (χ2n) is 20.2. The molecular formula is C62H61N7O19. The first-order valence-corrected chi connectivity index (χ1v) is 26.7. The summed E-state index contributed by atoms with van der Waals surface area (Å²) in [4.78, 5) is 115. The van der Waals surface area contributed by atoms with Crippen molar-refractivity contribution in [3.63, 3.8) is 0 Å². The van der Waals surface area contributed by atoms with Gasteiger partial charge in [0.05, 0.1) is 7.11 Å². The van der Waals surface area contributed by atoms with E-state index in [0.717, 1.165) is 73.8 Å². The summed E-state index contributed by atoms with van der Waals surface area (Å²) in [5.41, 5.74) is -0.158. The highest BCUT2D eigenvalue weighted by atomic mass is 16.5. The number of alkyl carbamates (subject to hydrolysis) is 1. The lowest BCUT2D eigenvalue weighted by molar-refractivity contribution is -0.145. The Labute approximate surface area is 501 Å². The monoisotopic (exact) mass is 1210 g/mol. The summed E-state index contributed by atoms with van der Waals surface area (Å²) in [6.45, 7) is 2.73. The summed E-state index contributed by atoms with van der Waals surface area (Å²) in [6.07, 6.45) is -1.09.